The van der Waals surface area contributed by atoms with Gasteiger partial charge in [-0.25, -0.2) is 10.4 Å². The molecule has 112 valence electrons. The molecule has 3 N–H and O–H groups in total. The lowest BCUT2D eigenvalue weighted by Crippen LogP contribution is -2.03. The molecule has 22 heavy (non-hydrogen) atoms. The van der Waals surface area contributed by atoms with Gasteiger partial charge in [0, 0.05) is 18.7 Å². The van der Waals surface area contributed by atoms with Gasteiger partial charge in [-0.1, -0.05) is 12.1 Å². The average molecular weight is 296 g/mol. The van der Waals surface area contributed by atoms with Crippen LogP contribution in [0.5, 0.6) is 11.5 Å². The van der Waals surface area contributed by atoms with Crippen molar-refractivity contribution >= 4 is 22.7 Å². The van der Waals surface area contributed by atoms with E-state index in [4.69, 9.17) is 0 Å². The smallest absolute Gasteiger partial charge is 0.224 e. The SMILES string of the molecule is C/C(=N\Nc1nc2ccccc2n1C)c1ccc(O)cc1O. The van der Waals surface area contributed by atoms with Crippen molar-refractivity contribution in [1.82, 2.24) is 9.55 Å². The number of anilines is 1. The maximum Gasteiger partial charge on any atom is 0.224 e. The molecule has 3 aromatic rings. The van der Waals surface area contributed by atoms with Gasteiger partial charge >= 0.3 is 0 Å². The van der Waals surface area contributed by atoms with Gasteiger partial charge in [0.15, 0.2) is 0 Å². The Labute approximate surface area is 127 Å². The molecule has 0 atom stereocenters. The lowest BCUT2D eigenvalue weighted by atomic mass is 10.1. The molecule has 0 aliphatic heterocycles. The minimum Gasteiger partial charge on any atom is -0.508 e. The lowest BCUT2D eigenvalue weighted by Gasteiger charge is -2.06. The Morgan fingerprint density at radius 1 is 1.18 bits per heavy atom. The Hall–Kier alpha value is -3.02. The molecule has 0 radical (unpaired) electrons. The number of phenolic OH excluding ortho intramolecular Hbond substituents is 2. The first kappa shape index (κ1) is 13.9. The fraction of sp³-hybridized carbons (Fsp3) is 0.125. The summed E-state index contributed by atoms with van der Waals surface area (Å²) >= 11 is 0. The van der Waals surface area contributed by atoms with Gasteiger partial charge in [-0.3, -0.25) is 0 Å². The molecule has 0 aliphatic carbocycles. The number of para-hydroxylation sites is 2. The highest BCUT2D eigenvalue weighted by Gasteiger charge is 2.08. The molecule has 0 aliphatic rings. The molecular formula is C16H16N4O2. The Balaban J connectivity index is 1.90. The summed E-state index contributed by atoms with van der Waals surface area (Å²) in [6.45, 7) is 1.77. The van der Waals surface area contributed by atoms with Crippen molar-refractivity contribution in [3.05, 3.63) is 48.0 Å². The van der Waals surface area contributed by atoms with Gasteiger partial charge in [0.1, 0.15) is 11.5 Å². The lowest BCUT2D eigenvalue weighted by molar-refractivity contribution is 0.450. The van der Waals surface area contributed by atoms with Gasteiger partial charge in [0.25, 0.3) is 0 Å². The Bertz CT molecular complexity index is 868. The number of rotatable bonds is 3. The van der Waals surface area contributed by atoms with Crippen LogP contribution in [0.15, 0.2) is 47.6 Å². The molecule has 0 unspecified atom stereocenters. The maximum atomic E-state index is 9.84. The molecule has 6 nitrogen and oxygen atoms in total. The van der Waals surface area contributed by atoms with Crippen LogP contribution in [0.25, 0.3) is 11.0 Å². The fourth-order valence-electron chi connectivity index (χ4n) is 2.27. The van der Waals surface area contributed by atoms with Crippen molar-refractivity contribution in [2.24, 2.45) is 12.1 Å². The van der Waals surface area contributed by atoms with Crippen LogP contribution in [0.3, 0.4) is 0 Å². The Morgan fingerprint density at radius 2 is 1.95 bits per heavy atom. The average Bonchev–Trinajstić information content (AvgIpc) is 2.82. The van der Waals surface area contributed by atoms with Crippen molar-refractivity contribution in [3.8, 4) is 11.5 Å². The van der Waals surface area contributed by atoms with Crippen LogP contribution in [-0.2, 0) is 7.05 Å². The van der Waals surface area contributed by atoms with E-state index in [0.29, 0.717) is 17.2 Å². The summed E-state index contributed by atoms with van der Waals surface area (Å²) in [6, 6.07) is 12.2. The zero-order valence-electron chi connectivity index (χ0n) is 12.3. The molecule has 0 saturated carbocycles. The molecular weight excluding hydrogens is 280 g/mol. The number of benzene rings is 2. The number of hydrazone groups is 1. The summed E-state index contributed by atoms with van der Waals surface area (Å²) in [7, 11) is 1.90. The number of aryl methyl sites for hydroxylation is 1. The molecule has 2 aromatic carbocycles. The van der Waals surface area contributed by atoms with E-state index >= 15 is 0 Å². The summed E-state index contributed by atoms with van der Waals surface area (Å²) in [5.74, 6) is 0.601. The Kier molecular flexibility index (Phi) is 3.42. The molecule has 0 fully saturated rings. The quantitative estimate of drug-likeness (QED) is 0.512. The van der Waals surface area contributed by atoms with Crippen LogP contribution >= 0.6 is 0 Å². The van der Waals surface area contributed by atoms with Crippen LogP contribution in [0.1, 0.15) is 12.5 Å². The highest BCUT2D eigenvalue weighted by Crippen LogP contribution is 2.23. The maximum absolute atomic E-state index is 9.84. The zero-order valence-corrected chi connectivity index (χ0v) is 12.3. The van der Waals surface area contributed by atoms with E-state index in [1.165, 1.54) is 12.1 Å². The molecule has 0 amide bonds. The topological polar surface area (TPSA) is 82.7 Å². The zero-order chi connectivity index (χ0) is 15.7. The van der Waals surface area contributed by atoms with Gasteiger partial charge in [-0.2, -0.15) is 5.10 Å². The first-order chi connectivity index (χ1) is 10.6. The minimum absolute atomic E-state index is 0.0114. The summed E-state index contributed by atoms with van der Waals surface area (Å²) < 4.78 is 1.91. The normalized spacial score (nSPS) is 11.8. The number of nitrogens with zero attached hydrogens (tertiary/aromatic N) is 3. The van der Waals surface area contributed by atoms with Crippen molar-refractivity contribution in [2.45, 2.75) is 6.92 Å². The van der Waals surface area contributed by atoms with E-state index in [0.717, 1.165) is 11.0 Å². The second-order valence-electron chi connectivity index (χ2n) is 4.99. The summed E-state index contributed by atoms with van der Waals surface area (Å²) in [5.41, 5.74) is 5.93. The highest BCUT2D eigenvalue weighted by molar-refractivity contribution is 6.01. The van der Waals surface area contributed by atoms with Gasteiger partial charge in [-0.15, -0.1) is 0 Å². The first-order valence-corrected chi connectivity index (χ1v) is 6.80. The van der Waals surface area contributed by atoms with Gasteiger partial charge in [0.05, 0.1) is 16.7 Å². The largest absolute Gasteiger partial charge is 0.508 e. The third kappa shape index (κ3) is 2.46. The molecule has 3 rings (SSSR count). The van der Waals surface area contributed by atoms with Crippen molar-refractivity contribution in [3.63, 3.8) is 0 Å². The number of phenols is 2. The van der Waals surface area contributed by atoms with Gasteiger partial charge in [0.2, 0.25) is 5.95 Å². The van der Waals surface area contributed by atoms with Crippen LogP contribution in [0.4, 0.5) is 5.95 Å². The monoisotopic (exact) mass is 296 g/mol. The van der Waals surface area contributed by atoms with Gasteiger partial charge in [-0.05, 0) is 31.2 Å². The first-order valence-electron chi connectivity index (χ1n) is 6.80. The number of fused-ring (bicyclic) bond motifs is 1. The number of aromatic nitrogens is 2. The van der Waals surface area contributed by atoms with E-state index in [1.54, 1.807) is 13.0 Å². The molecule has 1 heterocycles. The Morgan fingerprint density at radius 3 is 2.68 bits per heavy atom. The van der Waals surface area contributed by atoms with Crippen molar-refractivity contribution in [2.75, 3.05) is 5.43 Å². The van der Waals surface area contributed by atoms with Gasteiger partial charge < -0.3 is 14.8 Å². The second kappa shape index (κ2) is 5.40. The number of aromatic hydroxyl groups is 2. The standard InChI is InChI=1S/C16H16N4O2/c1-10(12-8-7-11(21)9-15(12)22)18-19-16-17-13-5-3-4-6-14(13)20(16)2/h3-9,21-22H,1-2H3,(H,17,19)/b18-10+. The minimum atomic E-state index is -0.0203. The molecule has 1 aromatic heterocycles. The van der Waals surface area contributed by atoms with Crippen LogP contribution in [0.2, 0.25) is 0 Å². The van der Waals surface area contributed by atoms with E-state index < -0.39 is 0 Å². The highest BCUT2D eigenvalue weighted by atomic mass is 16.3. The van der Waals surface area contributed by atoms with E-state index in [-0.39, 0.29) is 11.5 Å². The number of nitrogens with one attached hydrogen (secondary N) is 1. The molecule has 0 saturated heterocycles. The van der Waals surface area contributed by atoms with E-state index in [2.05, 4.69) is 15.5 Å². The summed E-state index contributed by atoms with van der Waals surface area (Å²) in [6.07, 6.45) is 0. The predicted octanol–water partition coefficient (Wildman–Crippen LogP) is 2.82. The third-order valence-electron chi connectivity index (χ3n) is 3.48. The molecule has 6 heteroatoms. The van der Waals surface area contributed by atoms with Crippen LogP contribution < -0.4 is 5.43 Å². The molecule has 0 bridgehead atoms. The van der Waals surface area contributed by atoms with Crippen molar-refractivity contribution < 1.29 is 10.2 Å². The fourth-order valence-corrected chi connectivity index (χ4v) is 2.27. The second-order valence-corrected chi connectivity index (χ2v) is 4.99. The number of hydrogen-bond acceptors (Lipinski definition) is 5. The van der Waals surface area contributed by atoms with E-state index in [9.17, 15) is 10.2 Å². The third-order valence-corrected chi connectivity index (χ3v) is 3.48. The predicted molar refractivity (Wildman–Crippen MR) is 86.3 cm³/mol. The van der Waals surface area contributed by atoms with Crippen LogP contribution in [-0.4, -0.2) is 25.5 Å². The summed E-state index contributed by atoms with van der Waals surface area (Å²) in [5, 5.41) is 23.4. The van der Waals surface area contributed by atoms with E-state index in [1.807, 2.05) is 35.9 Å². The number of hydrogen-bond donors (Lipinski definition) is 3. The summed E-state index contributed by atoms with van der Waals surface area (Å²) in [4.78, 5) is 4.46. The number of imidazole rings is 1. The van der Waals surface area contributed by atoms with Crippen molar-refractivity contribution in [1.29, 1.82) is 0 Å². The van der Waals surface area contributed by atoms with Crippen LogP contribution in [0, 0.1) is 0 Å². The molecule has 0 spiro atoms.